The monoisotopic (exact) mass is 560 g/mol. The number of methoxy groups -OCH3 is 1. The van der Waals surface area contributed by atoms with Gasteiger partial charge < -0.3 is 13.9 Å². The molecule has 0 spiro atoms. The molecule has 2 heterocycles. The van der Waals surface area contributed by atoms with Crippen LogP contribution in [0.4, 0.5) is 0 Å². The smallest absolute Gasteiger partial charge is 0.278 e. The van der Waals surface area contributed by atoms with Crippen LogP contribution in [-0.4, -0.2) is 30.8 Å². The Hall–Kier alpha value is -3.00. The molecular weight excluding hydrogens is 544 g/mol. The van der Waals surface area contributed by atoms with Gasteiger partial charge in [0.05, 0.1) is 18.5 Å². The van der Waals surface area contributed by atoms with Gasteiger partial charge in [0, 0.05) is 27.2 Å². The summed E-state index contributed by atoms with van der Waals surface area (Å²) in [5, 5.41) is 13.4. The summed E-state index contributed by atoms with van der Waals surface area (Å²) in [7, 11) is 1.52. The minimum absolute atomic E-state index is 0.0598. The van der Waals surface area contributed by atoms with Crippen molar-refractivity contribution in [3.8, 4) is 23.3 Å². The molecule has 8 nitrogen and oxygen atoms in total. The number of benzene rings is 1. The van der Waals surface area contributed by atoms with Gasteiger partial charge in [0.2, 0.25) is 5.88 Å². The molecule has 0 saturated heterocycles. The first-order valence-electron chi connectivity index (χ1n) is 9.31. The predicted octanol–water partition coefficient (Wildman–Crippen LogP) is 4.72. The maximum atomic E-state index is 12.1. The Morgan fingerprint density at radius 1 is 1.28 bits per heavy atom. The Kier molecular flexibility index (Phi) is 8.16. The van der Waals surface area contributed by atoms with Crippen molar-refractivity contribution in [2.45, 2.75) is 13.5 Å². The van der Waals surface area contributed by atoms with Gasteiger partial charge in [-0.3, -0.25) is 4.79 Å². The molecule has 164 valence electrons. The maximum absolute atomic E-state index is 12.1. The third-order valence-corrected chi connectivity index (χ3v) is 5.83. The lowest BCUT2D eigenvalue weighted by Gasteiger charge is -2.13. The van der Waals surface area contributed by atoms with Gasteiger partial charge in [-0.2, -0.15) is 10.4 Å². The van der Waals surface area contributed by atoms with Crippen molar-refractivity contribution in [2.75, 3.05) is 13.7 Å². The second kappa shape index (κ2) is 11.0. The number of nitrogens with zero attached hydrogens (tertiary/aromatic N) is 3. The van der Waals surface area contributed by atoms with E-state index < -0.39 is 5.91 Å². The van der Waals surface area contributed by atoms with E-state index in [0.717, 1.165) is 10.0 Å². The lowest BCUT2D eigenvalue weighted by molar-refractivity contribution is -0.123. The maximum Gasteiger partial charge on any atom is 0.278 e. The fourth-order valence-corrected chi connectivity index (χ4v) is 3.41. The lowest BCUT2D eigenvalue weighted by atomic mass is 10.1. The summed E-state index contributed by atoms with van der Waals surface area (Å²) in [5.74, 6) is 0.705. The molecule has 1 aromatic carbocycles. The highest BCUT2D eigenvalue weighted by molar-refractivity contribution is 9.10. The van der Waals surface area contributed by atoms with Crippen LogP contribution in [0.3, 0.4) is 0 Å². The first-order valence-corrected chi connectivity index (χ1v) is 10.9. The van der Waals surface area contributed by atoms with Gasteiger partial charge in [-0.05, 0) is 47.1 Å². The molecule has 0 atom stereocenters. The number of pyridine rings is 1. The van der Waals surface area contributed by atoms with Crippen molar-refractivity contribution in [1.82, 2.24) is 10.4 Å². The number of rotatable bonds is 8. The Balaban J connectivity index is 1.60. The number of hydrazone groups is 1. The Morgan fingerprint density at radius 2 is 2.03 bits per heavy atom. The number of carbonyl (C=O) groups excluding carboxylic acids is 1. The number of halogens is 2. The van der Waals surface area contributed by atoms with Gasteiger partial charge in [0.15, 0.2) is 6.61 Å². The number of hydrogen-bond acceptors (Lipinski definition) is 7. The van der Waals surface area contributed by atoms with Gasteiger partial charge in [0.25, 0.3) is 5.91 Å². The summed E-state index contributed by atoms with van der Waals surface area (Å²) >= 11 is 6.80. The van der Waals surface area contributed by atoms with Gasteiger partial charge >= 0.3 is 0 Å². The number of furan rings is 1. The highest BCUT2D eigenvalue weighted by atomic mass is 79.9. The molecule has 3 rings (SSSR count). The molecule has 3 aromatic rings. The molecule has 0 bridgehead atoms. The lowest BCUT2D eigenvalue weighted by Crippen LogP contribution is -2.25. The number of carbonyl (C=O) groups is 1. The molecule has 2 aromatic heterocycles. The van der Waals surface area contributed by atoms with Crippen LogP contribution in [0.5, 0.6) is 5.88 Å². The Bertz CT molecular complexity index is 1180. The average molecular weight is 562 g/mol. The number of aromatic nitrogens is 1. The molecule has 0 aliphatic rings. The average Bonchev–Trinajstić information content (AvgIpc) is 3.25. The second-order valence-corrected chi connectivity index (χ2v) is 8.21. The Labute approximate surface area is 201 Å². The zero-order chi connectivity index (χ0) is 23.1. The van der Waals surface area contributed by atoms with E-state index in [0.29, 0.717) is 27.3 Å². The summed E-state index contributed by atoms with van der Waals surface area (Å²) in [6, 6.07) is 13.3. The fraction of sp³-hybridized carbons (Fsp3) is 0.182. The highest BCUT2D eigenvalue weighted by Gasteiger charge is 2.18. The summed E-state index contributed by atoms with van der Waals surface area (Å²) in [4.78, 5) is 16.3. The van der Waals surface area contributed by atoms with Gasteiger partial charge in [-0.1, -0.05) is 28.1 Å². The number of nitrogens with one attached hydrogen (secondary N) is 1. The third kappa shape index (κ3) is 5.82. The number of ether oxygens (including phenoxy) is 2. The first-order chi connectivity index (χ1) is 15.4. The van der Waals surface area contributed by atoms with Crippen molar-refractivity contribution < 1.29 is 18.7 Å². The normalized spacial score (nSPS) is 10.8. The first kappa shape index (κ1) is 23.7. The fourth-order valence-electron chi connectivity index (χ4n) is 2.74. The SMILES string of the molecule is COCc1c(Br)c(C)nc(OCC(=O)N/N=C\c2ccc(-c3ccc(Br)cc3)o2)c1C#N. The standard InChI is InChI=1S/C22H18Br2N4O4/c1-13-21(24)18(11-30-2)17(9-25)22(27-13)31-12-20(29)28-26-10-16-7-8-19(32-16)14-3-5-15(23)6-4-14/h3-8,10H,11-12H2,1-2H3,(H,28,29)/b26-10-. The quantitative estimate of drug-likeness (QED) is 0.315. The van der Waals surface area contributed by atoms with Crippen LogP contribution in [0.2, 0.25) is 0 Å². The van der Waals surface area contributed by atoms with E-state index in [-0.39, 0.29) is 24.7 Å². The molecule has 1 amide bonds. The van der Waals surface area contributed by atoms with Crippen LogP contribution < -0.4 is 10.2 Å². The van der Waals surface area contributed by atoms with Crippen LogP contribution in [-0.2, 0) is 16.1 Å². The number of amides is 1. The van der Waals surface area contributed by atoms with E-state index in [1.807, 2.05) is 30.3 Å². The van der Waals surface area contributed by atoms with Gasteiger partial charge in [-0.15, -0.1) is 0 Å². The zero-order valence-electron chi connectivity index (χ0n) is 17.2. The summed E-state index contributed by atoms with van der Waals surface area (Å²) in [6.07, 6.45) is 1.39. The largest absolute Gasteiger partial charge is 0.467 e. The number of aryl methyl sites for hydroxylation is 1. The molecule has 0 saturated carbocycles. The highest BCUT2D eigenvalue weighted by Crippen LogP contribution is 2.30. The van der Waals surface area contributed by atoms with Crippen molar-refractivity contribution in [2.24, 2.45) is 5.10 Å². The molecule has 32 heavy (non-hydrogen) atoms. The molecule has 0 aliphatic carbocycles. The van der Waals surface area contributed by atoms with Gasteiger partial charge in [0.1, 0.15) is 23.2 Å². The van der Waals surface area contributed by atoms with E-state index in [9.17, 15) is 10.1 Å². The van der Waals surface area contributed by atoms with E-state index in [1.54, 1.807) is 13.0 Å². The summed E-state index contributed by atoms with van der Waals surface area (Å²) in [6.45, 7) is 1.59. The Morgan fingerprint density at radius 3 is 2.72 bits per heavy atom. The zero-order valence-corrected chi connectivity index (χ0v) is 20.4. The van der Waals surface area contributed by atoms with Crippen molar-refractivity contribution in [3.63, 3.8) is 0 Å². The third-order valence-electron chi connectivity index (χ3n) is 4.24. The minimum atomic E-state index is -0.513. The van der Waals surface area contributed by atoms with E-state index in [4.69, 9.17) is 13.9 Å². The topological polar surface area (TPSA) is 110 Å². The summed E-state index contributed by atoms with van der Waals surface area (Å²) in [5.41, 5.74) is 4.70. The minimum Gasteiger partial charge on any atom is -0.467 e. The van der Waals surface area contributed by atoms with Crippen molar-refractivity contribution in [3.05, 3.63) is 67.9 Å². The second-order valence-electron chi connectivity index (χ2n) is 6.51. The molecule has 0 unspecified atom stereocenters. The van der Waals surface area contributed by atoms with Crippen molar-refractivity contribution in [1.29, 1.82) is 5.26 Å². The van der Waals surface area contributed by atoms with Crippen LogP contribution in [0, 0.1) is 18.3 Å². The summed E-state index contributed by atoms with van der Waals surface area (Å²) < 4.78 is 18.0. The van der Waals surface area contributed by atoms with Crippen molar-refractivity contribution >= 4 is 44.0 Å². The molecule has 0 aliphatic heterocycles. The molecule has 0 radical (unpaired) electrons. The van der Waals surface area contributed by atoms with E-state index in [2.05, 4.69) is 53.4 Å². The number of nitriles is 1. The molecular formula is C22H18Br2N4O4. The van der Waals surface area contributed by atoms with Gasteiger partial charge in [-0.25, -0.2) is 10.4 Å². The number of hydrogen-bond donors (Lipinski definition) is 1. The molecule has 1 N–H and O–H groups in total. The molecule has 10 heteroatoms. The van der Waals surface area contributed by atoms with Crippen LogP contribution >= 0.6 is 31.9 Å². The van der Waals surface area contributed by atoms with E-state index >= 15 is 0 Å². The van der Waals surface area contributed by atoms with E-state index in [1.165, 1.54) is 13.3 Å². The van der Waals surface area contributed by atoms with Crippen LogP contribution in [0.25, 0.3) is 11.3 Å². The predicted molar refractivity (Wildman–Crippen MR) is 125 cm³/mol. The molecule has 0 fully saturated rings. The van der Waals surface area contributed by atoms with Crippen LogP contribution in [0.15, 0.2) is 54.9 Å². The van der Waals surface area contributed by atoms with Crippen LogP contribution in [0.1, 0.15) is 22.6 Å².